The fourth-order valence-electron chi connectivity index (χ4n) is 3.13. The number of carbonyl (C=O) groups excluding carboxylic acids is 1. The van der Waals surface area contributed by atoms with Gasteiger partial charge < -0.3 is 10.1 Å². The van der Waals surface area contributed by atoms with Crippen LogP contribution < -0.4 is 10.7 Å². The molecule has 0 saturated heterocycles. The molecule has 3 rings (SSSR count). The Labute approximate surface area is 184 Å². The summed E-state index contributed by atoms with van der Waals surface area (Å²) >= 11 is 0. The first-order valence-corrected chi connectivity index (χ1v) is 10.1. The van der Waals surface area contributed by atoms with Gasteiger partial charge in [0.25, 0.3) is 11.6 Å². The number of aromatic nitrogens is 2. The van der Waals surface area contributed by atoms with Crippen LogP contribution in [0.4, 0.5) is 5.69 Å². The van der Waals surface area contributed by atoms with Crippen molar-refractivity contribution in [2.24, 2.45) is 0 Å². The topological polar surface area (TPSA) is 116 Å². The van der Waals surface area contributed by atoms with Gasteiger partial charge in [0, 0.05) is 24.4 Å². The molecular weight excluding hydrogens is 412 g/mol. The summed E-state index contributed by atoms with van der Waals surface area (Å²) in [4.78, 5) is 36.1. The number of nitrogens with zero attached hydrogens (tertiary/aromatic N) is 3. The van der Waals surface area contributed by atoms with Gasteiger partial charge in [0.1, 0.15) is 5.69 Å². The number of aryl methyl sites for hydroxylation is 1. The molecule has 0 aliphatic rings. The minimum absolute atomic E-state index is 0.0647. The van der Waals surface area contributed by atoms with Crippen LogP contribution in [-0.4, -0.2) is 26.7 Å². The highest BCUT2D eigenvalue weighted by Gasteiger charge is 2.20. The van der Waals surface area contributed by atoms with Crippen molar-refractivity contribution < 1.29 is 14.5 Å². The van der Waals surface area contributed by atoms with E-state index in [-0.39, 0.29) is 29.7 Å². The second kappa shape index (κ2) is 9.97. The number of hydrogen-bond donors (Lipinski definition) is 1. The van der Waals surface area contributed by atoms with Gasteiger partial charge in [0.15, 0.2) is 5.69 Å². The van der Waals surface area contributed by atoms with Crippen LogP contribution in [-0.2, 0) is 17.9 Å². The van der Waals surface area contributed by atoms with E-state index in [0.717, 1.165) is 11.1 Å². The van der Waals surface area contributed by atoms with Gasteiger partial charge in [0.2, 0.25) is 5.43 Å². The molecule has 1 amide bonds. The Kier molecular flexibility index (Phi) is 7.11. The van der Waals surface area contributed by atoms with Gasteiger partial charge in [-0.1, -0.05) is 36.4 Å². The standard InChI is InChI=1S/C23H24N4O5/c1-15(2)32-14-18-9-5-4-8-17(18)13-24-23(29)22-21(28)12-16(3)26(25-22)19-10-6-7-11-20(19)27(30)31/h4-12,15H,13-14H2,1-3H3,(H,24,29). The van der Waals surface area contributed by atoms with Crippen LogP contribution in [0.2, 0.25) is 0 Å². The Hall–Kier alpha value is -3.85. The predicted octanol–water partition coefficient (Wildman–Crippen LogP) is 3.30. The lowest BCUT2D eigenvalue weighted by atomic mass is 10.1. The Morgan fingerprint density at radius 1 is 1.16 bits per heavy atom. The molecule has 9 nitrogen and oxygen atoms in total. The number of amides is 1. The number of nitro benzene ring substituents is 1. The molecule has 1 N–H and O–H groups in total. The average molecular weight is 436 g/mol. The molecule has 0 aliphatic carbocycles. The molecule has 32 heavy (non-hydrogen) atoms. The summed E-state index contributed by atoms with van der Waals surface area (Å²) in [7, 11) is 0. The molecule has 166 valence electrons. The van der Waals surface area contributed by atoms with Crippen molar-refractivity contribution in [3.63, 3.8) is 0 Å². The molecule has 0 radical (unpaired) electrons. The van der Waals surface area contributed by atoms with Crippen LogP contribution in [0, 0.1) is 17.0 Å². The fraction of sp³-hybridized carbons (Fsp3) is 0.261. The van der Waals surface area contributed by atoms with Crippen LogP contribution in [0.25, 0.3) is 5.69 Å². The first kappa shape index (κ1) is 22.8. The van der Waals surface area contributed by atoms with Gasteiger partial charge >= 0.3 is 0 Å². The van der Waals surface area contributed by atoms with Crippen LogP contribution in [0.5, 0.6) is 0 Å². The number of nitrogens with one attached hydrogen (secondary N) is 1. The lowest BCUT2D eigenvalue weighted by molar-refractivity contribution is -0.384. The van der Waals surface area contributed by atoms with E-state index in [4.69, 9.17) is 4.74 Å². The molecule has 1 heterocycles. The van der Waals surface area contributed by atoms with Gasteiger partial charge in [-0.05, 0) is 38.0 Å². The number of para-hydroxylation sites is 2. The minimum Gasteiger partial charge on any atom is -0.374 e. The van der Waals surface area contributed by atoms with Crippen molar-refractivity contribution in [1.82, 2.24) is 15.1 Å². The van der Waals surface area contributed by atoms with Crippen molar-refractivity contribution in [3.05, 3.63) is 97.4 Å². The second-order valence-electron chi connectivity index (χ2n) is 7.47. The number of benzene rings is 2. The quantitative estimate of drug-likeness (QED) is 0.428. The van der Waals surface area contributed by atoms with Crippen LogP contribution >= 0.6 is 0 Å². The van der Waals surface area contributed by atoms with E-state index < -0.39 is 16.3 Å². The van der Waals surface area contributed by atoms with Gasteiger partial charge in [-0.3, -0.25) is 19.7 Å². The lowest BCUT2D eigenvalue weighted by Gasteiger charge is -2.14. The number of rotatable bonds is 8. The van der Waals surface area contributed by atoms with Crippen molar-refractivity contribution in [3.8, 4) is 5.69 Å². The number of carbonyl (C=O) groups is 1. The molecular formula is C23H24N4O5. The van der Waals surface area contributed by atoms with Crippen molar-refractivity contribution >= 4 is 11.6 Å². The van der Waals surface area contributed by atoms with Crippen LogP contribution in [0.15, 0.2) is 59.4 Å². The molecule has 0 saturated carbocycles. The lowest BCUT2D eigenvalue weighted by Crippen LogP contribution is -2.32. The fourth-order valence-corrected chi connectivity index (χ4v) is 3.13. The van der Waals surface area contributed by atoms with Gasteiger partial charge in [-0.2, -0.15) is 5.10 Å². The maximum atomic E-state index is 12.8. The van der Waals surface area contributed by atoms with Crippen LogP contribution in [0.1, 0.15) is 41.2 Å². The van der Waals surface area contributed by atoms with Gasteiger partial charge in [-0.25, -0.2) is 4.68 Å². The molecule has 0 bridgehead atoms. The molecule has 3 aromatic rings. The summed E-state index contributed by atoms with van der Waals surface area (Å²) in [6.07, 6.45) is 0.0647. The van der Waals surface area contributed by atoms with Crippen molar-refractivity contribution in [1.29, 1.82) is 0 Å². The first-order chi connectivity index (χ1) is 15.3. The van der Waals surface area contributed by atoms with E-state index in [1.807, 2.05) is 38.1 Å². The third-order valence-corrected chi connectivity index (χ3v) is 4.76. The van der Waals surface area contributed by atoms with E-state index >= 15 is 0 Å². The largest absolute Gasteiger partial charge is 0.374 e. The van der Waals surface area contributed by atoms with E-state index in [9.17, 15) is 19.7 Å². The summed E-state index contributed by atoms with van der Waals surface area (Å²) in [5.74, 6) is -0.665. The zero-order chi connectivity index (χ0) is 23.3. The Bertz CT molecular complexity index is 1200. The SMILES string of the molecule is Cc1cc(=O)c(C(=O)NCc2ccccc2COC(C)C)nn1-c1ccccc1[N+](=O)[O-]. The molecule has 0 unspecified atom stereocenters. The Morgan fingerprint density at radius 2 is 1.81 bits per heavy atom. The molecule has 0 atom stereocenters. The molecule has 1 aromatic heterocycles. The van der Waals surface area contributed by atoms with Crippen molar-refractivity contribution in [2.45, 2.75) is 40.0 Å². The summed E-state index contributed by atoms with van der Waals surface area (Å²) in [5, 5.41) is 18.2. The maximum absolute atomic E-state index is 12.8. The summed E-state index contributed by atoms with van der Waals surface area (Å²) in [6, 6.07) is 14.8. The third-order valence-electron chi connectivity index (χ3n) is 4.76. The van der Waals surface area contributed by atoms with Gasteiger partial charge in [0.05, 0.1) is 17.6 Å². The molecule has 2 aromatic carbocycles. The van der Waals surface area contributed by atoms with Crippen molar-refractivity contribution in [2.75, 3.05) is 0 Å². The van der Waals surface area contributed by atoms with E-state index in [0.29, 0.717) is 12.3 Å². The molecule has 0 spiro atoms. The normalized spacial score (nSPS) is 10.9. The first-order valence-electron chi connectivity index (χ1n) is 10.1. The number of hydrogen-bond acceptors (Lipinski definition) is 6. The highest BCUT2D eigenvalue weighted by molar-refractivity contribution is 5.92. The molecule has 9 heteroatoms. The summed E-state index contributed by atoms with van der Waals surface area (Å²) < 4.78 is 6.89. The summed E-state index contributed by atoms with van der Waals surface area (Å²) in [6.45, 7) is 6.05. The highest BCUT2D eigenvalue weighted by Crippen LogP contribution is 2.22. The molecule has 0 fully saturated rings. The average Bonchev–Trinajstić information content (AvgIpc) is 2.76. The summed E-state index contributed by atoms with van der Waals surface area (Å²) in [5.41, 5.74) is 1.23. The Balaban J connectivity index is 1.87. The zero-order valence-corrected chi connectivity index (χ0v) is 18.1. The monoisotopic (exact) mass is 436 g/mol. The van der Waals surface area contributed by atoms with E-state index in [2.05, 4.69) is 10.4 Å². The number of nitro groups is 1. The smallest absolute Gasteiger partial charge is 0.294 e. The van der Waals surface area contributed by atoms with E-state index in [1.165, 1.54) is 28.9 Å². The predicted molar refractivity (Wildman–Crippen MR) is 119 cm³/mol. The minimum atomic E-state index is -0.665. The number of ether oxygens (including phenoxy) is 1. The van der Waals surface area contributed by atoms with E-state index in [1.54, 1.807) is 13.0 Å². The Morgan fingerprint density at radius 3 is 2.50 bits per heavy atom. The van der Waals surface area contributed by atoms with Gasteiger partial charge in [-0.15, -0.1) is 0 Å². The highest BCUT2D eigenvalue weighted by atomic mass is 16.6. The maximum Gasteiger partial charge on any atom is 0.294 e. The molecule has 0 aliphatic heterocycles. The second-order valence-corrected chi connectivity index (χ2v) is 7.47. The zero-order valence-electron chi connectivity index (χ0n) is 18.1. The third kappa shape index (κ3) is 5.25. The van der Waals surface area contributed by atoms with Crippen LogP contribution in [0.3, 0.4) is 0 Å².